The molecule has 9 heteroatoms. The number of sulfonamides is 1. The molecule has 1 heterocycles. The molecule has 6 nitrogen and oxygen atoms in total. The second kappa shape index (κ2) is 11.7. The van der Waals surface area contributed by atoms with Crippen LogP contribution in [0.2, 0.25) is 0 Å². The Kier molecular flexibility index (Phi) is 11.9. The number of thioether (sulfide) groups is 1. The molecular weight excluding hydrogens is 435 g/mol. The molecule has 0 radical (unpaired) electrons. The Morgan fingerprint density at radius 3 is 2.68 bits per heavy atom. The Bertz CT molecular complexity index is 426. The third-order valence-electron chi connectivity index (χ3n) is 3.53. The van der Waals surface area contributed by atoms with Crippen molar-refractivity contribution in [2.75, 3.05) is 45.2 Å². The highest BCUT2D eigenvalue weighted by molar-refractivity contribution is 14.0. The van der Waals surface area contributed by atoms with Gasteiger partial charge in [0.25, 0.3) is 0 Å². The van der Waals surface area contributed by atoms with E-state index in [9.17, 15) is 8.42 Å². The number of halogens is 1. The Balaban J connectivity index is 0.00000441. The Morgan fingerprint density at radius 1 is 1.41 bits per heavy atom. The molecule has 132 valence electrons. The van der Waals surface area contributed by atoms with E-state index >= 15 is 0 Å². The molecule has 22 heavy (non-hydrogen) atoms. The average molecular weight is 464 g/mol. The fourth-order valence-corrected chi connectivity index (χ4v) is 4.15. The second-order valence-corrected chi connectivity index (χ2v) is 8.86. The number of nitrogens with one attached hydrogen (secondary N) is 2. The minimum absolute atomic E-state index is 0. The first-order valence-electron chi connectivity index (χ1n) is 7.49. The van der Waals surface area contributed by atoms with Gasteiger partial charge in [-0.3, -0.25) is 4.99 Å². The van der Waals surface area contributed by atoms with Gasteiger partial charge in [-0.05, 0) is 31.9 Å². The fraction of sp³-hybridized carbons (Fsp3) is 0.923. The Morgan fingerprint density at radius 2 is 2.14 bits per heavy atom. The van der Waals surface area contributed by atoms with Gasteiger partial charge in [-0.2, -0.15) is 11.8 Å². The van der Waals surface area contributed by atoms with Crippen molar-refractivity contribution in [1.82, 2.24) is 14.9 Å². The van der Waals surface area contributed by atoms with Crippen molar-refractivity contribution in [3.63, 3.8) is 0 Å². The van der Waals surface area contributed by atoms with E-state index in [1.807, 2.05) is 11.8 Å². The second-order valence-electron chi connectivity index (χ2n) is 5.09. The summed E-state index contributed by atoms with van der Waals surface area (Å²) in [5.74, 6) is 2.21. The number of aliphatic imine (C=N–C) groups is 1. The molecule has 0 bridgehead atoms. The van der Waals surface area contributed by atoms with Crippen molar-refractivity contribution >= 4 is 51.7 Å². The summed E-state index contributed by atoms with van der Waals surface area (Å²) in [7, 11) is 0.314. The van der Waals surface area contributed by atoms with Crippen LogP contribution in [-0.2, 0) is 10.0 Å². The zero-order valence-electron chi connectivity index (χ0n) is 13.7. The number of hydrogen-bond donors (Lipinski definition) is 2. The summed E-state index contributed by atoms with van der Waals surface area (Å²) in [4.78, 5) is 4.18. The van der Waals surface area contributed by atoms with Crippen LogP contribution in [0.25, 0.3) is 0 Å². The van der Waals surface area contributed by atoms with Crippen LogP contribution >= 0.6 is 35.7 Å². The van der Waals surface area contributed by atoms with Gasteiger partial charge in [0.15, 0.2) is 5.96 Å². The third-order valence-corrected chi connectivity index (χ3v) is 6.79. The number of rotatable bonds is 8. The molecular formula is C13H29IN4O2S2. The summed E-state index contributed by atoms with van der Waals surface area (Å²) in [6.07, 6.45) is 3.34. The molecule has 1 unspecified atom stereocenters. The van der Waals surface area contributed by atoms with Gasteiger partial charge in [-0.15, -0.1) is 24.0 Å². The monoisotopic (exact) mass is 464 g/mol. The highest BCUT2D eigenvalue weighted by Gasteiger charge is 2.16. The van der Waals surface area contributed by atoms with Crippen LogP contribution in [0.5, 0.6) is 0 Å². The molecule has 0 saturated carbocycles. The van der Waals surface area contributed by atoms with Gasteiger partial charge in [0.1, 0.15) is 0 Å². The summed E-state index contributed by atoms with van der Waals surface area (Å²) < 4.78 is 24.6. The average Bonchev–Trinajstić information content (AvgIpc) is 2.99. The lowest BCUT2D eigenvalue weighted by Gasteiger charge is -2.17. The first kappa shape index (κ1) is 22.3. The zero-order valence-corrected chi connectivity index (χ0v) is 17.6. The van der Waals surface area contributed by atoms with Crippen molar-refractivity contribution in [1.29, 1.82) is 0 Å². The molecule has 1 aliphatic rings. The number of guanidine groups is 1. The minimum atomic E-state index is -3.07. The highest BCUT2D eigenvalue weighted by Crippen LogP contribution is 2.25. The lowest BCUT2D eigenvalue weighted by Crippen LogP contribution is -2.41. The van der Waals surface area contributed by atoms with Crippen molar-refractivity contribution in [2.24, 2.45) is 4.99 Å². The topological polar surface area (TPSA) is 73.8 Å². The van der Waals surface area contributed by atoms with Gasteiger partial charge in [0.2, 0.25) is 10.0 Å². The third kappa shape index (κ3) is 8.21. The number of nitrogens with zero attached hydrogens (tertiary/aromatic N) is 2. The largest absolute Gasteiger partial charge is 0.356 e. The van der Waals surface area contributed by atoms with Gasteiger partial charge in [0, 0.05) is 39.0 Å². The van der Waals surface area contributed by atoms with E-state index in [1.54, 1.807) is 21.0 Å². The van der Waals surface area contributed by atoms with Crippen LogP contribution < -0.4 is 10.6 Å². The lowest BCUT2D eigenvalue weighted by molar-refractivity contribution is 0.461. The normalized spacial score (nSPS) is 19.1. The molecule has 0 amide bonds. The van der Waals surface area contributed by atoms with Crippen LogP contribution in [0.3, 0.4) is 0 Å². The molecule has 1 fully saturated rings. The first-order valence-corrected chi connectivity index (χ1v) is 10.2. The quantitative estimate of drug-likeness (QED) is 0.246. The van der Waals surface area contributed by atoms with E-state index in [4.69, 9.17) is 0 Å². The van der Waals surface area contributed by atoms with Gasteiger partial charge in [-0.25, -0.2) is 12.7 Å². The maximum Gasteiger partial charge on any atom is 0.213 e. The SMILES string of the molecule is CCS(=O)(=O)N(C)CCCNC(=NC)NCC1CCCS1.I. The van der Waals surface area contributed by atoms with E-state index in [0.29, 0.717) is 18.3 Å². The molecule has 0 aromatic rings. The number of hydrogen-bond acceptors (Lipinski definition) is 4. The predicted octanol–water partition coefficient (Wildman–Crippen LogP) is 1.34. The molecule has 1 rings (SSSR count). The van der Waals surface area contributed by atoms with Gasteiger partial charge in [0.05, 0.1) is 5.75 Å². The van der Waals surface area contributed by atoms with Crippen molar-refractivity contribution in [2.45, 2.75) is 31.4 Å². The highest BCUT2D eigenvalue weighted by atomic mass is 127. The van der Waals surface area contributed by atoms with E-state index in [0.717, 1.165) is 18.9 Å². The molecule has 0 aromatic carbocycles. The maximum absolute atomic E-state index is 11.6. The first-order chi connectivity index (χ1) is 9.99. The molecule has 1 aliphatic heterocycles. The van der Waals surface area contributed by atoms with Crippen LogP contribution in [0.1, 0.15) is 26.2 Å². The molecule has 0 aromatic heterocycles. The molecule has 1 saturated heterocycles. The van der Waals surface area contributed by atoms with Crippen LogP contribution in [-0.4, -0.2) is 69.2 Å². The van der Waals surface area contributed by atoms with E-state index in [1.165, 1.54) is 22.9 Å². The summed E-state index contributed by atoms with van der Waals surface area (Å²) in [6.45, 7) is 3.84. The van der Waals surface area contributed by atoms with Crippen LogP contribution in [0.4, 0.5) is 0 Å². The Labute approximate surface area is 156 Å². The van der Waals surface area contributed by atoms with E-state index < -0.39 is 10.0 Å². The van der Waals surface area contributed by atoms with Gasteiger partial charge in [-0.1, -0.05) is 0 Å². The summed E-state index contributed by atoms with van der Waals surface area (Å²) >= 11 is 2.01. The molecule has 0 spiro atoms. The lowest BCUT2D eigenvalue weighted by atomic mass is 10.2. The minimum Gasteiger partial charge on any atom is -0.356 e. The standard InChI is InChI=1S/C13H28N4O2S2.HI/c1-4-21(18,19)17(3)9-6-8-15-13(14-2)16-11-12-7-5-10-20-12;/h12H,4-11H2,1-3H3,(H2,14,15,16);1H. The van der Waals surface area contributed by atoms with Crippen molar-refractivity contribution in [3.8, 4) is 0 Å². The molecule has 2 N–H and O–H groups in total. The van der Waals surface area contributed by atoms with Crippen LogP contribution in [0.15, 0.2) is 4.99 Å². The van der Waals surface area contributed by atoms with Crippen molar-refractivity contribution in [3.05, 3.63) is 0 Å². The van der Waals surface area contributed by atoms with Crippen LogP contribution in [0, 0.1) is 0 Å². The van der Waals surface area contributed by atoms with Gasteiger partial charge >= 0.3 is 0 Å². The maximum atomic E-state index is 11.6. The van der Waals surface area contributed by atoms with E-state index in [2.05, 4.69) is 15.6 Å². The summed E-state index contributed by atoms with van der Waals surface area (Å²) in [5, 5.41) is 7.24. The Hall–Kier alpha value is 0.260. The fourth-order valence-electron chi connectivity index (χ4n) is 2.10. The van der Waals surface area contributed by atoms with Crippen molar-refractivity contribution < 1.29 is 8.42 Å². The smallest absolute Gasteiger partial charge is 0.213 e. The summed E-state index contributed by atoms with van der Waals surface area (Å²) in [6, 6.07) is 0. The summed E-state index contributed by atoms with van der Waals surface area (Å²) in [5.41, 5.74) is 0. The van der Waals surface area contributed by atoms with Gasteiger partial charge < -0.3 is 10.6 Å². The predicted molar refractivity (Wildman–Crippen MR) is 107 cm³/mol. The molecule has 1 atom stereocenters. The van der Waals surface area contributed by atoms with E-state index in [-0.39, 0.29) is 29.7 Å². The molecule has 0 aliphatic carbocycles. The zero-order chi connectivity index (χ0) is 15.7.